The van der Waals surface area contributed by atoms with Crippen LogP contribution >= 0.6 is 0 Å². The van der Waals surface area contributed by atoms with Gasteiger partial charge in [0.15, 0.2) is 11.6 Å². The maximum Gasteiger partial charge on any atom is 0.390 e. The highest BCUT2D eigenvalue weighted by Crippen LogP contribution is 2.24. The third-order valence-corrected chi connectivity index (χ3v) is 8.79. The quantitative estimate of drug-likeness (QED) is 0.0430. The van der Waals surface area contributed by atoms with E-state index < -0.39 is 11.8 Å². The first kappa shape index (κ1) is 40.3. The summed E-state index contributed by atoms with van der Waals surface area (Å²) in [5.74, 6) is 4.06. The number of hydrogen-bond acceptors (Lipinski definition) is 5. The molecule has 0 N–H and O–H groups in total. The van der Waals surface area contributed by atoms with Gasteiger partial charge in [-0.3, -0.25) is 0 Å². The molecule has 3 aromatic carbocycles. The molecule has 5 nitrogen and oxygen atoms in total. The van der Waals surface area contributed by atoms with E-state index in [4.69, 9.17) is 14.2 Å². The third kappa shape index (κ3) is 16.1. The van der Waals surface area contributed by atoms with Crippen molar-refractivity contribution in [3.8, 4) is 34.5 Å². The number of rotatable bonds is 23. The standard InChI is InChI=1S/C44H57FO5/c1-4-6-8-10-11-12-13-14-15-16-17-19-33-48-42-31-21-36(34-41(42)45)22-32-43(46)50-40-29-27-38(28-30-40)37-23-25-39(26-24-37)44(47)49-35(3)20-18-9-7-5-2/h21,23-31,34-35H,4-20,33H2,1-3H3. The van der Waals surface area contributed by atoms with Crippen LogP contribution in [0.25, 0.3) is 11.1 Å². The van der Waals surface area contributed by atoms with E-state index in [-0.39, 0.29) is 17.8 Å². The largest absolute Gasteiger partial charge is 0.491 e. The number of benzene rings is 3. The third-order valence-electron chi connectivity index (χ3n) is 8.79. The molecule has 0 bridgehead atoms. The Kier molecular flexibility index (Phi) is 19.4. The predicted octanol–water partition coefficient (Wildman–Crippen LogP) is 12.0. The van der Waals surface area contributed by atoms with Gasteiger partial charge in [-0.1, -0.05) is 134 Å². The zero-order valence-corrected chi connectivity index (χ0v) is 30.6. The van der Waals surface area contributed by atoms with Crippen LogP contribution in [0.4, 0.5) is 4.39 Å². The molecule has 0 saturated carbocycles. The maximum atomic E-state index is 14.6. The zero-order valence-electron chi connectivity index (χ0n) is 30.6. The van der Waals surface area contributed by atoms with Gasteiger partial charge in [-0.05, 0) is 79.8 Å². The van der Waals surface area contributed by atoms with E-state index in [1.807, 2.05) is 31.2 Å². The zero-order chi connectivity index (χ0) is 35.8. The van der Waals surface area contributed by atoms with Crippen LogP contribution in [0.1, 0.15) is 146 Å². The number of halogens is 1. The van der Waals surface area contributed by atoms with E-state index in [0.29, 0.717) is 23.5 Å². The molecular weight excluding hydrogens is 627 g/mol. The molecule has 0 heterocycles. The van der Waals surface area contributed by atoms with Crippen LogP contribution in [0.5, 0.6) is 11.5 Å². The Balaban J connectivity index is 1.35. The number of carbonyl (C=O) groups excluding carboxylic acids is 2. The van der Waals surface area contributed by atoms with Gasteiger partial charge in [-0.2, -0.15) is 0 Å². The molecule has 1 unspecified atom stereocenters. The van der Waals surface area contributed by atoms with Crippen LogP contribution in [0, 0.1) is 17.7 Å². The number of hydrogen-bond donors (Lipinski definition) is 0. The molecule has 0 aromatic heterocycles. The summed E-state index contributed by atoms with van der Waals surface area (Å²) in [6, 6.07) is 18.7. The second kappa shape index (κ2) is 24.1. The molecule has 0 aliphatic heterocycles. The van der Waals surface area contributed by atoms with Gasteiger partial charge in [0.05, 0.1) is 18.3 Å². The van der Waals surface area contributed by atoms with E-state index in [1.165, 1.54) is 83.1 Å². The lowest BCUT2D eigenvalue weighted by atomic mass is 10.0. The molecule has 0 aliphatic rings. The summed E-state index contributed by atoms with van der Waals surface area (Å²) in [6.07, 6.45) is 20.5. The predicted molar refractivity (Wildman–Crippen MR) is 201 cm³/mol. The highest BCUT2D eigenvalue weighted by molar-refractivity contribution is 5.91. The monoisotopic (exact) mass is 684 g/mol. The summed E-state index contributed by atoms with van der Waals surface area (Å²) < 4.78 is 31.2. The lowest BCUT2D eigenvalue weighted by Crippen LogP contribution is -2.15. The van der Waals surface area contributed by atoms with Crippen LogP contribution < -0.4 is 9.47 Å². The van der Waals surface area contributed by atoms with Crippen molar-refractivity contribution in [3.63, 3.8) is 0 Å². The van der Waals surface area contributed by atoms with Gasteiger partial charge in [0.1, 0.15) is 5.75 Å². The van der Waals surface area contributed by atoms with Crippen molar-refractivity contribution in [3.05, 3.63) is 83.7 Å². The number of ether oxygens (including phenoxy) is 3. The Bertz CT molecular complexity index is 1470. The van der Waals surface area contributed by atoms with Gasteiger partial charge in [0.25, 0.3) is 0 Å². The number of unbranched alkanes of at least 4 members (excludes halogenated alkanes) is 14. The highest BCUT2D eigenvalue weighted by atomic mass is 19.1. The second-order valence-electron chi connectivity index (χ2n) is 13.2. The molecule has 50 heavy (non-hydrogen) atoms. The average Bonchev–Trinajstić information content (AvgIpc) is 3.12. The van der Waals surface area contributed by atoms with Crippen molar-refractivity contribution in [2.45, 2.75) is 136 Å². The normalized spacial score (nSPS) is 11.4. The lowest BCUT2D eigenvalue weighted by molar-refractivity contribution is -0.128. The van der Waals surface area contributed by atoms with Crippen molar-refractivity contribution in [2.75, 3.05) is 6.61 Å². The number of carbonyl (C=O) groups is 2. The molecule has 0 radical (unpaired) electrons. The topological polar surface area (TPSA) is 61.8 Å². The fourth-order valence-corrected chi connectivity index (χ4v) is 5.76. The average molecular weight is 685 g/mol. The Morgan fingerprint density at radius 1 is 0.680 bits per heavy atom. The van der Waals surface area contributed by atoms with Crippen molar-refractivity contribution in [2.24, 2.45) is 0 Å². The molecular formula is C44H57FO5. The first-order chi connectivity index (χ1) is 24.4. The minimum Gasteiger partial charge on any atom is -0.491 e. The van der Waals surface area contributed by atoms with Gasteiger partial charge >= 0.3 is 11.9 Å². The lowest BCUT2D eigenvalue weighted by Gasteiger charge is -2.13. The van der Waals surface area contributed by atoms with E-state index in [2.05, 4.69) is 25.7 Å². The first-order valence-corrected chi connectivity index (χ1v) is 19.0. The van der Waals surface area contributed by atoms with Gasteiger partial charge in [0, 0.05) is 11.5 Å². The fourth-order valence-electron chi connectivity index (χ4n) is 5.76. The molecule has 1 atom stereocenters. The van der Waals surface area contributed by atoms with E-state index in [1.54, 1.807) is 36.4 Å². The smallest absolute Gasteiger partial charge is 0.390 e. The first-order valence-electron chi connectivity index (χ1n) is 19.0. The Hall–Kier alpha value is -4.11. The summed E-state index contributed by atoms with van der Waals surface area (Å²) in [5.41, 5.74) is 2.68. The van der Waals surface area contributed by atoms with E-state index in [9.17, 15) is 14.0 Å². The highest BCUT2D eigenvalue weighted by Gasteiger charge is 2.12. The van der Waals surface area contributed by atoms with Crippen LogP contribution in [0.15, 0.2) is 66.7 Å². The van der Waals surface area contributed by atoms with Crippen LogP contribution in [-0.2, 0) is 9.53 Å². The SMILES string of the molecule is CCCCCCCCCCCCCCOc1ccc(C#CC(=O)Oc2ccc(-c3ccc(C(=O)OC(C)CCCCCC)cc3)cc2)cc1F. The molecule has 0 spiro atoms. The molecule has 270 valence electrons. The number of esters is 2. The van der Waals surface area contributed by atoms with Gasteiger partial charge < -0.3 is 14.2 Å². The molecule has 0 saturated heterocycles. The summed E-state index contributed by atoms with van der Waals surface area (Å²) in [4.78, 5) is 24.9. The van der Waals surface area contributed by atoms with E-state index >= 15 is 0 Å². The molecule has 0 aliphatic carbocycles. The summed E-state index contributed by atoms with van der Waals surface area (Å²) in [5, 5.41) is 0. The van der Waals surface area contributed by atoms with Gasteiger partial charge in [0.2, 0.25) is 0 Å². The Morgan fingerprint density at radius 3 is 1.80 bits per heavy atom. The Morgan fingerprint density at radius 2 is 1.22 bits per heavy atom. The molecule has 0 amide bonds. The van der Waals surface area contributed by atoms with E-state index in [0.717, 1.165) is 43.2 Å². The van der Waals surface area contributed by atoms with Crippen LogP contribution in [0.2, 0.25) is 0 Å². The van der Waals surface area contributed by atoms with Crippen LogP contribution in [0.3, 0.4) is 0 Å². The van der Waals surface area contributed by atoms with Crippen molar-refractivity contribution in [1.82, 2.24) is 0 Å². The van der Waals surface area contributed by atoms with Gasteiger partial charge in [-0.15, -0.1) is 0 Å². The summed E-state index contributed by atoms with van der Waals surface area (Å²) >= 11 is 0. The van der Waals surface area contributed by atoms with Crippen molar-refractivity contribution >= 4 is 11.9 Å². The molecule has 0 fully saturated rings. The van der Waals surface area contributed by atoms with Crippen molar-refractivity contribution in [1.29, 1.82) is 0 Å². The maximum absolute atomic E-state index is 14.6. The van der Waals surface area contributed by atoms with Gasteiger partial charge in [-0.25, -0.2) is 14.0 Å². The minimum atomic E-state index is -0.743. The molecule has 6 heteroatoms. The second-order valence-corrected chi connectivity index (χ2v) is 13.2. The molecule has 3 rings (SSSR count). The minimum absolute atomic E-state index is 0.112. The fraction of sp³-hybridized carbons (Fsp3) is 0.500. The summed E-state index contributed by atoms with van der Waals surface area (Å²) in [7, 11) is 0. The molecule has 3 aromatic rings. The van der Waals surface area contributed by atoms with Crippen molar-refractivity contribution < 1.29 is 28.2 Å². The summed E-state index contributed by atoms with van der Waals surface area (Å²) in [6.45, 7) is 6.84. The Labute approximate surface area is 300 Å². The van der Waals surface area contributed by atoms with Crippen LogP contribution in [-0.4, -0.2) is 24.6 Å².